The molecule has 5 heteroatoms. The second-order valence-electron chi connectivity index (χ2n) is 7.40. The smallest absolute Gasteiger partial charge is 0.227 e. The van der Waals surface area contributed by atoms with Gasteiger partial charge < -0.3 is 15.1 Å². The topological polar surface area (TPSA) is 52.7 Å². The molecule has 0 aromatic heterocycles. The van der Waals surface area contributed by atoms with Gasteiger partial charge >= 0.3 is 0 Å². The minimum absolute atomic E-state index is 0.106. The molecule has 2 aliphatic rings. The van der Waals surface area contributed by atoms with Gasteiger partial charge in [0.15, 0.2) is 0 Å². The Labute approximate surface area is 150 Å². The van der Waals surface area contributed by atoms with E-state index < -0.39 is 0 Å². The Morgan fingerprint density at radius 3 is 2.12 bits per heavy atom. The molecule has 3 rings (SSSR count). The minimum Gasteiger partial charge on any atom is -0.343 e. The molecule has 0 atom stereocenters. The van der Waals surface area contributed by atoms with Crippen LogP contribution in [0, 0.1) is 12.8 Å². The molecule has 0 bridgehead atoms. The number of nitrogens with one attached hydrogen (secondary N) is 1. The number of hydrogen-bond donors (Lipinski definition) is 1. The van der Waals surface area contributed by atoms with Gasteiger partial charge in [0.1, 0.15) is 0 Å². The summed E-state index contributed by atoms with van der Waals surface area (Å²) >= 11 is 0. The molecule has 0 aliphatic carbocycles. The molecule has 2 amide bonds. The molecule has 5 nitrogen and oxygen atoms in total. The number of likely N-dealkylation sites (tertiary alicyclic amines) is 2. The number of benzene rings is 1. The van der Waals surface area contributed by atoms with Gasteiger partial charge in [-0.1, -0.05) is 17.7 Å². The Kier molecular flexibility index (Phi) is 5.74. The maximum absolute atomic E-state index is 12.5. The van der Waals surface area contributed by atoms with Crippen LogP contribution in [0.15, 0.2) is 24.3 Å². The van der Waals surface area contributed by atoms with Gasteiger partial charge in [-0.2, -0.15) is 0 Å². The lowest BCUT2D eigenvalue weighted by Gasteiger charge is -2.41. The van der Waals surface area contributed by atoms with Crippen molar-refractivity contribution in [2.45, 2.75) is 45.6 Å². The lowest BCUT2D eigenvalue weighted by molar-refractivity contribution is -0.130. The highest BCUT2D eigenvalue weighted by Crippen LogP contribution is 2.25. The number of aryl methyl sites for hydroxylation is 1. The first-order chi connectivity index (χ1) is 12.0. The van der Waals surface area contributed by atoms with Gasteiger partial charge in [0, 0.05) is 37.7 Å². The fourth-order valence-electron chi connectivity index (χ4n) is 3.95. The van der Waals surface area contributed by atoms with Crippen LogP contribution in [-0.4, -0.2) is 53.8 Å². The Balaban J connectivity index is 1.44. The summed E-state index contributed by atoms with van der Waals surface area (Å²) in [5, 5.41) is 3.05. The zero-order valence-electron chi connectivity index (χ0n) is 15.3. The highest BCUT2D eigenvalue weighted by Gasteiger charge is 2.31. The molecule has 0 saturated carbocycles. The Bertz CT molecular complexity index is 598. The predicted molar refractivity (Wildman–Crippen MR) is 99.4 cm³/mol. The van der Waals surface area contributed by atoms with Crippen LogP contribution >= 0.6 is 0 Å². The predicted octanol–water partition coefficient (Wildman–Crippen LogP) is 2.66. The van der Waals surface area contributed by atoms with Crippen molar-refractivity contribution in [3.05, 3.63) is 29.8 Å². The quantitative estimate of drug-likeness (QED) is 0.918. The zero-order chi connectivity index (χ0) is 17.8. The third-order valence-electron chi connectivity index (χ3n) is 5.65. The maximum Gasteiger partial charge on any atom is 0.227 e. The van der Waals surface area contributed by atoms with Crippen LogP contribution in [0.4, 0.5) is 5.69 Å². The molecule has 0 unspecified atom stereocenters. The third-order valence-corrected chi connectivity index (χ3v) is 5.65. The van der Waals surface area contributed by atoms with E-state index in [1.165, 1.54) is 5.56 Å². The van der Waals surface area contributed by atoms with Crippen molar-refractivity contribution in [3.63, 3.8) is 0 Å². The van der Waals surface area contributed by atoms with Crippen LogP contribution in [-0.2, 0) is 9.59 Å². The SMILES string of the molecule is CC(=O)N1CCC(N2CCC(C(=O)Nc3ccc(C)cc3)CC2)CC1. The minimum atomic E-state index is 0.106. The van der Waals surface area contributed by atoms with Crippen LogP contribution in [0.2, 0.25) is 0 Å². The van der Waals surface area contributed by atoms with E-state index in [1.807, 2.05) is 36.1 Å². The lowest BCUT2D eigenvalue weighted by Crippen LogP contribution is -2.49. The largest absolute Gasteiger partial charge is 0.343 e. The molecule has 1 aromatic carbocycles. The van der Waals surface area contributed by atoms with Crippen LogP contribution in [0.1, 0.15) is 38.2 Å². The van der Waals surface area contributed by atoms with Crippen molar-refractivity contribution >= 4 is 17.5 Å². The average Bonchev–Trinajstić information content (AvgIpc) is 2.64. The van der Waals surface area contributed by atoms with E-state index in [9.17, 15) is 9.59 Å². The van der Waals surface area contributed by atoms with Crippen molar-refractivity contribution in [2.75, 3.05) is 31.5 Å². The molecule has 2 heterocycles. The molecule has 136 valence electrons. The summed E-state index contributed by atoms with van der Waals surface area (Å²) in [5.41, 5.74) is 2.08. The fraction of sp³-hybridized carbons (Fsp3) is 0.600. The summed E-state index contributed by atoms with van der Waals surface area (Å²) in [6.07, 6.45) is 3.95. The lowest BCUT2D eigenvalue weighted by atomic mass is 9.92. The van der Waals surface area contributed by atoms with Crippen LogP contribution in [0.5, 0.6) is 0 Å². The van der Waals surface area contributed by atoms with E-state index in [-0.39, 0.29) is 17.7 Å². The van der Waals surface area contributed by atoms with Gasteiger partial charge in [0.2, 0.25) is 11.8 Å². The molecule has 2 saturated heterocycles. The van der Waals surface area contributed by atoms with Crippen molar-refractivity contribution in [3.8, 4) is 0 Å². The monoisotopic (exact) mass is 343 g/mol. The standard InChI is InChI=1S/C20H29N3O2/c1-15-3-5-18(6-4-15)21-20(25)17-7-11-23(12-8-17)19-9-13-22(14-10-19)16(2)24/h3-6,17,19H,7-14H2,1-2H3,(H,21,25). The molecule has 0 spiro atoms. The van der Waals surface area contributed by atoms with Gasteiger partial charge in [-0.15, -0.1) is 0 Å². The first-order valence-corrected chi connectivity index (χ1v) is 9.40. The van der Waals surface area contributed by atoms with Crippen LogP contribution in [0.3, 0.4) is 0 Å². The first kappa shape index (κ1) is 17.9. The van der Waals surface area contributed by atoms with Gasteiger partial charge in [0.25, 0.3) is 0 Å². The van der Waals surface area contributed by atoms with E-state index >= 15 is 0 Å². The number of carbonyl (C=O) groups excluding carboxylic acids is 2. The number of nitrogens with zero attached hydrogens (tertiary/aromatic N) is 2. The van der Waals surface area contributed by atoms with Crippen molar-refractivity contribution in [1.82, 2.24) is 9.80 Å². The number of amides is 2. The van der Waals surface area contributed by atoms with E-state index in [0.717, 1.165) is 57.5 Å². The second kappa shape index (κ2) is 8.00. The maximum atomic E-state index is 12.5. The molecule has 1 N–H and O–H groups in total. The molecule has 25 heavy (non-hydrogen) atoms. The van der Waals surface area contributed by atoms with E-state index in [2.05, 4.69) is 10.2 Å². The van der Waals surface area contributed by atoms with Crippen molar-refractivity contribution in [1.29, 1.82) is 0 Å². The molecule has 1 aromatic rings. The number of carbonyl (C=O) groups is 2. The van der Waals surface area contributed by atoms with Crippen LogP contribution in [0.25, 0.3) is 0 Å². The summed E-state index contributed by atoms with van der Waals surface area (Å²) in [6.45, 7) is 7.40. The highest BCUT2D eigenvalue weighted by molar-refractivity contribution is 5.92. The number of hydrogen-bond acceptors (Lipinski definition) is 3. The zero-order valence-corrected chi connectivity index (χ0v) is 15.3. The average molecular weight is 343 g/mol. The van der Waals surface area contributed by atoms with Crippen molar-refractivity contribution in [2.24, 2.45) is 5.92 Å². The summed E-state index contributed by atoms with van der Waals surface area (Å²) in [7, 11) is 0. The van der Waals surface area contributed by atoms with E-state index in [0.29, 0.717) is 6.04 Å². The van der Waals surface area contributed by atoms with Gasteiger partial charge in [0.05, 0.1) is 0 Å². The van der Waals surface area contributed by atoms with E-state index in [1.54, 1.807) is 6.92 Å². The molecule has 2 aliphatic heterocycles. The van der Waals surface area contributed by atoms with Crippen LogP contribution < -0.4 is 5.32 Å². The van der Waals surface area contributed by atoms with Crippen molar-refractivity contribution < 1.29 is 9.59 Å². The summed E-state index contributed by atoms with van der Waals surface area (Å²) < 4.78 is 0. The van der Waals surface area contributed by atoms with Gasteiger partial charge in [-0.05, 0) is 57.8 Å². The second-order valence-corrected chi connectivity index (χ2v) is 7.40. The normalized spacial score (nSPS) is 20.5. The van der Waals surface area contributed by atoms with Gasteiger partial charge in [-0.25, -0.2) is 0 Å². The first-order valence-electron chi connectivity index (χ1n) is 9.40. The summed E-state index contributed by atoms with van der Waals surface area (Å²) in [5.74, 6) is 0.440. The molecule has 2 fully saturated rings. The molecular weight excluding hydrogens is 314 g/mol. The molecule has 0 radical (unpaired) electrons. The summed E-state index contributed by atoms with van der Waals surface area (Å²) in [4.78, 5) is 28.4. The fourth-order valence-corrected chi connectivity index (χ4v) is 3.95. The Morgan fingerprint density at radius 1 is 0.960 bits per heavy atom. The third kappa shape index (κ3) is 4.60. The Hall–Kier alpha value is -1.88. The molecular formula is C20H29N3O2. The van der Waals surface area contributed by atoms with Gasteiger partial charge in [-0.3, -0.25) is 9.59 Å². The summed E-state index contributed by atoms with van der Waals surface area (Å²) in [6, 6.07) is 8.53. The number of anilines is 1. The Morgan fingerprint density at radius 2 is 1.56 bits per heavy atom. The highest BCUT2D eigenvalue weighted by atomic mass is 16.2. The number of rotatable bonds is 3. The van der Waals surface area contributed by atoms with E-state index in [4.69, 9.17) is 0 Å². The number of piperidine rings is 2.